The minimum absolute atomic E-state index is 0.128. The highest BCUT2D eigenvalue weighted by Crippen LogP contribution is 2.27. The van der Waals surface area contributed by atoms with Crippen molar-refractivity contribution < 1.29 is 9.72 Å². The summed E-state index contributed by atoms with van der Waals surface area (Å²) in [6.45, 7) is 3.72. The molecule has 0 bridgehead atoms. The fourth-order valence-corrected chi connectivity index (χ4v) is 2.58. The minimum Gasteiger partial charge on any atom is -0.316 e. The summed E-state index contributed by atoms with van der Waals surface area (Å²) in [6, 6.07) is 9.91. The number of rotatable bonds is 3. The van der Waals surface area contributed by atoms with Crippen molar-refractivity contribution in [1.29, 1.82) is 0 Å². The molecule has 1 amide bonds. The van der Waals surface area contributed by atoms with Crippen molar-refractivity contribution in [2.45, 2.75) is 13.8 Å². The van der Waals surface area contributed by atoms with Crippen LogP contribution in [0.4, 0.5) is 11.4 Å². The zero-order valence-electron chi connectivity index (χ0n) is 11.5. The Labute approximate surface area is 130 Å². The van der Waals surface area contributed by atoms with Gasteiger partial charge < -0.3 is 5.32 Å². The molecule has 5 nitrogen and oxygen atoms in total. The third-order valence-electron chi connectivity index (χ3n) is 2.97. The maximum absolute atomic E-state index is 12.3. The first kappa shape index (κ1) is 15.2. The van der Waals surface area contributed by atoms with Crippen LogP contribution >= 0.6 is 15.9 Å². The number of carbonyl (C=O) groups excluding carboxylic acids is 1. The van der Waals surface area contributed by atoms with Crippen molar-refractivity contribution in [3.05, 3.63) is 67.7 Å². The monoisotopic (exact) mass is 348 g/mol. The first-order chi connectivity index (χ1) is 9.88. The third-order valence-corrected chi connectivity index (χ3v) is 3.62. The lowest BCUT2D eigenvalue weighted by Gasteiger charge is -2.09. The smallest absolute Gasteiger partial charge is 0.292 e. The van der Waals surface area contributed by atoms with E-state index in [0.29, 0.717) is 10.0 Å². The molecule has 0 saturated carbocycles. The average Bonchev–Trinajstić information content (AvgIpc) is 2.37. The normalized spacial score (nSPS) is 10.2. The van der Waals surface area contributed by atoms with Gasteiger partial charge in [-0.25, -0.2) is 0 Å². The molecule has 2 aromatic rings. The first-order valence-electron chi connectivity index (χ1n) is 6.21. The van der Waals surface area contributed by atoms with E-state index in [9.17, 15) is 14.9 Å². The number of amides is 1. The molecule has 0 aliphatic heterocycles. The highest BCUT2D eigenvalue weighted by molar-refractivity contribution is 9.10. The molecule has 0 aliphatic rings. The van der Waals surface area contributed by atoms with Gasteiger partial charge in [0.2, 0.25) is 0 Å². The molecular formula is C15H13BrN2O3. The molecule has 6 heteroatoms. The number of halogens is 1. The summed E-state index contributed by atoms with van der Waals surface area (Å²) < 4.78 is 0.648. The van der Waals surface area contributed by atoms with Crippen LogP contribution in [0, 0.1) is 24.0 Å². The number of nitrogens with zero attached hydrogens (tertiary/aromatic N) is 1. The van der Waals surface area contributed by atoms with Crippen LogP contribution < -0.4 is 5.32 Å². The van der Waals surface area contributed by atoms with E-state index in [1.165, 1.54) is 6.07 Å². The van der Waals surface area contributed by atoms with Gasteiger partial charge in [0, 0.05) is 10.5 Å². The Bertz CT molecular complexity index is 729. The fraction of sp³-hybridized carbons (Fsp3) is 0.133. The van der Waals surface area contributed by atoms with Crippen LogP contribution in [0.3, 0.4) is 0 Å². The second kappa shape index (κ2) is 6.05. The maximum Gasteiger partial charge on any atom is 0.292 e. The largest absolute Gasteiger partial charge is 0.316 e. The second-order valence-corrected chi connectivity index (χ2v) is 5.57. The highest BCUT2D eigenvalue weighted by Gasteiger charge is 2.17. The number of hydrogen-bond donors (Lipinski definition) is 1. The molecular weight excluding hydrogens is 336 g/mol. The predicted molar refractivity (Wildman–Crippen MR) is 84.7 cm³/mol. The van der Waals surface area contributed by atoms with Gasteiger partial charge in [0.15, 0.2) is 0 Å². The van der Waals surface area contributed by atoms with Crippen molar-refractivity contribution in [2.24, 2.45) is 0 Å². The fourth-order valence-electron chi connectivity index (χ4n) is 1.90. The molecule has 108 valence electrons. The van der Waals surface area contributed by atoms with Crippen LogP contribution in [0.5, 0.6) is 0 Å². The molecule has 0 unspecified atom stereocenters. The zero-order chi connectivity index (χ0) is 15.6. The predicted octanol–water partition coefficient (Wildman–Crippen LogP) is 4.23. The van der Waals surface area contributed by atoms with Crippen molar-refractivity contribution in [3.63, 3.8) is 0 Å². The summed E-state index contributed by atoms with van der Waals surface area (Å²) in [5.41, 5.74) is 2.34. The van der Waals surface area contributed by atoms with E-state index < -0.39 is 10.8 Å². The summed E-state index contributed by atoms with van der Waals surface area (Å²) in [4.78, 5) is 22.8. The molecule has 1 N–H and O–H groups in total. The molecule has 21 heavy (non-hydrogen) atoms. The van der Waals surface area contributed by atoms with Crippen LogP contribution in [0.25, 0.3) is 0 Å². The van der Waals surface area contributed by atoms with E-state index in [-0.39, 0.29) is 11.4 Å². The van der Waals surface area contributed by atoms with E-state index in [0.717, 1.165) is 11.1 Å². The van der Waals surface area contributed by atoms with E-state index in [2.05, 4.69) is 21.2 Å². The number of carbonyl (C=O) groups is 1. The molecule has 0 aliphatic carbocycles. The lowest BCUT2D eigenvalue weighted by molar-refractivity contribution is -0.383. The Morgan fingerprint density at radius 3 is 2.38 bits per heavy atom. The second-order valence-electron chi connectivity index (χ2n) is 4.72. The van der Waals surface area contributed by atoms with E-state index in [4.69, 9.17) is 0 Å². The molecule has 0 radical (unpaired) electrons. The van der Waals surface area contributed by atoms with Crippen LogP contribution in [-0.2, 0) is 0 Å². The minimum atomic E-state index is -0.515. The summed E-state index contributed by atoms with van der Waals surface area (Å²) in [5, 5.41) is 13.6. The summed E-state index contributed by atoms with van der Waals surface area (Å²) in [5.74, 6) is -0.393. The van der Waals surface area contributed by atoms with Gasteiger partial charge in [0.1, 0.15) is 5.69 Å². The Morgan fingerprint density at radius 2 is 1.76 bits per heavy atom. The summed E-state index contributed by atoms with van der Waals surface area (Å²) in [7, 11) is 0. The maximum atomic E-state index is 12.3. The zero-order valence-corrected chi connectivity index (χ0v) is 13.1. The number of nitro benzene ring substituents is 1. The van der Waals surface area contributed by atoms with Crippen LogP contribution in [0.1, 0.15) is 21.5 Å². The number of anilines is 1. The SMILES string of the molecule is Cc1ccc(C(=O)Nc2cc(C)ccc2[N+](=O)[O-])c(Br)c1. The third kappa shape index (κ3) is 3.46. The van der Waals surface area contributed by atoms with Crippen molar-refractivity contribution in [3.8, 4) is 0 Å². The number of hydrogen-bond acceptors (Lipinski definition) is 3. The van der Waals surface area contributed by atoms with Crippen molar-refractivity contribution in [2.75, 3.05) is 5.32 Å². The standard InChI is InChI=1S/C15H13BrN2O3/c1-9-3-5-11(12(16)7-9)15(19)17-13-8-10(2)4-6-14(13)18(20)21/h3-8H,1-2H3,(H,17,19). The lowest BCUT2D eigenvalue weighted by atomic mass is 10.1. The Morgan fingerprint density at radius 1 is 1.14 bits per heavy atom. The topological polar surface area (TPSA) is 72.2 Å². The van der Waals surface area contributed by atoms with Crippen molar-refractivity contribution in [1.82, 2.24) is 0 Å². The van der Waals surface area contributed by atoms with Gasteiger partial charge in [0.05, 0.1) is 10.5 Å². The van der Waals surface area contributed by atoms with Gasteiger partial charge in [-0.3, -0.25) is 14.9 Å². The van der Waals surface area contributed by atoms with E-state index in [1.807, 2.05) is 19.1 Å². The number of benzene rings is 2. The summed E-state index contributed by atoms with van der Waals surface area (Å²) >= 11 is 3.33. The van der Waals surface area contributed by atoms with E-state index in [1.54, 1.807) is 25.1 Å². The molecule has 2 aromatic carbocycles. The van der Waals surface area contributed by atoms with Gasteiger partial charge in [-0.2, -0.15) is 0 Å². The Kier molecular flexibility index (Phi) is 4.37. The highest BCUT2D eigenvalue weighted by atomic mass is 79.9. The van der Waals surface area contributed by atoms with Gasteiger partial charge >= 0.3 is 0 Å². The molecule has 0 fully saturated rings. The molecule has 0 heterocycles. The number of nitrogens with one attached hydrogen (secondary N) is 1. The van der Waals surface area contributed by atoms with Crippen LogP contribution in [0.15, 0.2) is 40.9 Å². The van der Waals surface area contributed by atoms with E-state index >= 15 is 0 Å². The molecule has 0 saturated heterocycles. The van der Waals surface area contributed by atoms with Gasteiger partial charge in [-0.15, -0.1) is 0 Å². The van der Waals surface area contributed by atoms with Gasteiger partial charge in [0.25, 0.3) is 11.6 Å². The number of aryl methyl sites for hydroxylation is 2. The molecule has 0 aromatic heterocycles. The average molecular weight is 349 g/mol. The molecule has 2 rings (SSSR count). The summed E-state index contributed by atoms with van der Waals surface area (Å²) in [6.07, 6.45) is 0. The first-order valence-corrected chi connectivity index (χ1v) is 7.00. The lowest BCUT2D eigenvalue weighted by Crippen LogP contribution is -2.14. The van der Waals surface area contributed by atoms with Gasteiger partial charge in [-0.1, -0.05) is 12.1 Å². The Hall–Kier alpha value is -2.21. The van der Waals surface area contributed by atoms with Gasteiger partial charge in [-0.05, 0) is 59.1 Å². The van der Waals surface area contributed by atoms with Crippen molar-refractivity contribution >= 4 is 33.2 Å². The molecule has 0 atom stereocenters. The number of nitro groups is 1. The Balaban J connectivity index is 2.35. The van der Waals surface area contributed by atoms with Crippen LogP contribution in [0.2, 0.25) is 0 Å². The quantitative estimate of drug-likeness (QED) is 0.666. The molecule has 0 spiro atoms. The van der Waals surface area contributed by atoms with Crippen LogP contribution in [-0.4, -0.2) is 10.8 Å².